The van der Waals surface area contributed by atoms with Crippen LogP contribution in [-0.2, 0) is 6.54 Å². The van der Waals surface area contributed by atoms with Crippen LogP contribution in [0.4, 0.5) is 0 Å². The number of aryl methyl sites for hydroxylation is 1. The number of pyridine rings is 1. The molecule has 0 radical (unpaired) electrons. The summed E-state index contributed by atoms with van der Waals surface area (Å²) in [5.41, 5.74) is 9.90. The average molecular weight is 295 g/mol. The van der Waals surface area contributed by atoms with Gasteiger partial charge in [0.15, 0.2) is 0 Å². The lowest BCUT2D eigenvalue weighted by Gasteiger charge is -2.29. The quantitative estimate of drug-likeness (QED) is 0.925. The SMILES string of the molecule is Cc1ccc2cc(CN3CC4CCCC(N)C4C3)ccc2n1. The van der Waals surface area contributed by atoms with E-state index >= 15 is 0 Å². The van der Waals surface area contributed by atoms with E-state index in [0.29, 0.717) is 6.04 Å². The molecule has 3 unspecified atom stereocenters. The fourth-order valence-electron chi connectivity index (χ4n) is 4.37. The first-order valence-electron chi connectivity index (χ1n) is 8.53. The largest absolute Gasteiger partial charge is 0.327 e. The first-order chi connectivity index (χ1) is 10.7. The highest BCUT2D eigenvalue weighted by Gasteiger charge is 2.38. The summed E-state index contributed by atoms with van der Waals surface area (Å²) in [6, 6.07) is 11.4. The molecule has 116 valence electrons. The van der Waals surface area contributed by atoms with E-state index < -0.39 is 0 Å². The number of benzene rings is 1. The summed E-state index contributed by atoms with van der Waals surface area (Å²) in [6.07, 6.45) is 3.91. The van der Waals surface area contributed by atoms with Crippen molar-refractivity contribution >= 4 is 10.9 Å². The monoisotopic (exact) mass is 295 g/mol. The summed E-state index contributed by atoms with van der Waals surface area (Å²) in [5, 5.41) is 1.25. The Balaban J connectivity index is 1.50. The number of hydrogen-bond acceptors (Lipinski definition) is 3. The number of likely N-dealkylation sites (tertiary alicyclic amines) is 1. The number of nitrogens with two attached hydrogens (primary N) is 1. The first kappa shape index (κ1) is 14.2. The maximum Gasteiger partial charge on any atom is 0.0705 e. The minimum absolute atomic E-state index is 0.424. The Kier molecular flexibility index (Phi) is 3.63. The molecule has 1 aliphatic heterocycles. The van der Waals surface area contributed by atoms with Crippen molar-refractivity contribution in [2.45, 2.75) is 38.8 Å². The second kappa shape index (κ2) is 5.64. The molecule has 1 saturated carbocycles. The molecule has 2 heterocycles. The highest BCUT2D eigenvalue weighted by atomic mass is 15.2. The van der Waals surface area contributed by atoms with Crippen LogP contribution in [0.1, 0.15) is 30.5 Å². The van der Waals surface area contributed by atoms with Crippen LogP contribution in [0.3, 0.4) is 0 Å². The molecule has 1 aliphatic carbocycles. The highest BCUT2D eigenvalue weighted by molar-refractivity contribution is 5.79. The summed E-state index contributed by atoms with van der Waals surface area (Å²) < 4.78 is 0. The molecule has 2 fully saturated rings. The normalized spacial score (nSPS) is 28.9. The lowest BCUT2D eigenvalue weighted by molar-refractivity contribution is 0.259. The second-order valence-electron chi connectivity index (χ2n) is 7.19. The van der Waals surface area contributed by atoms with Gasteiger partial charge in [-0.05, 0) is 55.4 Å². The summed E-state index contributed by atoms with van der Waals surface area (Å²) in [5.74, 6) is 1.55. The van der Waals surface area contributed by atoms with Gasteiger partial charge in [0.2, 0.25) is 0 Å². The lowest BCUT2D eigenvalue weighted by Crippen LogP contribution is -2.38. The first-order valence-corrected chi connectivity index (χ1v) is 8.53. The van der Waals surface area contributed by atoms with E-state index in [-0.39, 0.29) is 0 Å². The third-order valence-electron chi connectivity index (χ3n) is 5.53. The van der Waals surface area contributed by atoms with Gasteiger partial charge in [-0.3, -0.25) is 9.88 Å². The molecule has 0 spiro atoms. The molecule has 2 aliphatic rings. The molecule has 0 bridgehead atoms. The van der Waals surface area contributed by atoms with Crippen LogP contribution in [0.15, 0.2) is 30.3 Å². The van der Waals surface area contributed by atoms with Gasteiger partial charge in [0.05, 0.1) is 5.52 Å². The van der Waals surface area contributed by atoms with Gasteiger partial charge < -0.3 is 5.73 Å². The number of aromatic nitrogens is 1. The Morgan fingerprint density at radius 2 is 2.09 bits per heavy atom. The van der Waals surface area contributed by atoms with Crippen molar-refractivity contribution in [2.24, 2.45) is 17.6 Å². The van der Waals surface area contributed by atoms with Crippen LogP contribution in [0.2, 0.25) is 0 Å². The molecule has 3 nitrogen and oxygen atoms in total. The third-order valence-corrected chi connectivity index (χ3v) is 5.53. The molecular weight excluding hydrogens is 270 g/mol. The summed E-state index contributed by atoms with van der Waals surface area (Å²) in [6.45, 7) is 5.49. The Hall–Kier alpha value is -1.45. The zero-order valence-corrected chi connectivity index (χ0v) is 13.3. The zero-order valence-electron chi connectivity index (χ0n) is 13.3. The molecule has 22 heavy (non-hydrogen) atoms. The van der Waals surface area contributed by atoms with Gasteiger partial charge in [0.1, 0.15) is 0 Å². The predicted octanol–water partition coefficient (Wildman–Crippen LogP) is 3.10. The van der Waals surface area contributed by atoms with Crippen molar-refractivity contribution in [3.8, 4) is 0 Å². The zero-order chi connectivity index (χ0) is 15.1. The van der Waals surface area contributed by atoms with E-state index in [9.17, 15) is 0 Å². The van der Waals surface area contributed by atoms with Crippen molar-refractivity contribution < 1.29 is 0 Å². The minimum Gasteiger partial charge on any atom is -0.327 e. The molecule has 1 saturated heterocycles. The molecular formula is C19H25N3. The van der Waals surface area contributed by atoms with Crippen molar-refractivity contribution in [3.63, 3.8) is 0 Å². The van der Waals surface area contributed by atoms with Gasteiger partial charge in [-0.2, -0.15) is 0 Å². The second-order valence-corrected chi connectivity index (χ2v) is 7.19. The molecule has 3 heteroatoms. The molecule has 2 aromatic rings. The van der Waals surface area contributed by atoms with Crippen LogP contribution in [0, 0.1) is 18.8 Å². The van der Waals surface area contributed by atoms with Crippen molar-refractivity contribution in [1.29, 1.82) is 0 Å². The van der Waals surface area contributed by atoms with E-state index in [0.717, 1.165) is 29.6 Å². The maximum atomic E-state index is 6.33. The van der Waals surface area contributed by atoms with Crippen LogP contribution < -0.4 is 5.73 Å². The molecule has 2 N–H and O–H groups in total. The van der Waals surface area contributed by atoms with Crippen LogP contribution in [0.25, 0.3) is 10.9 Å². The number of nitrogens with zero attached hydrogens (tertiary/aromatic N) is 2. The third kappa shape index (κ3) is 2.64. The fraction of sp³-hybridized carbons (Fsp3) is 0.526. The van der Waals surface area contributed by atoms with Gasteiger partial charge in [0.25, 0.3) is 0 Å². The minimum atomic E-state index is 0.424. The fourth-order valence-corrected chi connectivity index (χ4v) is 4.37. The smallest absolute Gasteiger partial charge is 0.0705 e. The van der Waals surface area contributed by atoms with E-state index in [1.54, 1.807) is 0 Å². The molecule has 4 rings (SSSR count). The number of rotatable bonds is 2. The Bertz CT molecular complexity index is 681. The standard InChI is InChI=1S/C19H25N3/c1-13-5-7-15-9-14(6-8-19(15)21-13)10-22-11-16-3-2-4-18(20)17(16)12-22/h5-9,16-18H,2-4,10-12,20H2,1H3. The lowest BCUT2D eigenvalue weighted by atomic mass is 9.78. The van der Waals surface area contributed by atoms with Crippen LogP contribution >= 0.6 is 0 Å². The van der Waals surface area contributed by atoms with Crippen LogP contribution in [0.5, 0.6) is 0 Å². The highest BCUT2D eigenvalue weighted by Crippen LogP contribution is 2.36. The van der Waals surface area contributed by atoms with Crippen LogP contribution in [-0.4, -0.2) is 29.0 Å². The average Bonchev–Trinajstić information content (AvgIpc) is 2.91. The van der Waals surface area contributed by atoms with E-state index in [4.69, 9.17) is 5.73 Å². The van der Waals surface area contributed by atoms with E-state index in [2.05, 4.69) is 40.2 Å². The summed E-state index contributed by atoms with van der Waals surface area (Å²) in [4.78, 5) is 7.19. The van der Waals surface area contributed by atoms with Gasteiger partial charge in [-0.1, -0.05) is 18.6 Å². The molecule has 1 aromatic carbocycles. The van der Waals surface area contributed by atoms with E-state index in [1.165, 1.54) is 43.3 Å². The van der Waals surface area contributed by atoms with Gasteiger partial charge in [-0.15, -0.1) is 0 Å². The van der Waals surface area contributed by atoms with Gasteiger partial charge >= 0.3 is 0 Å². The van der Waals surface area contributed by atoms with Crippen molar-refractivity contribution in [2.75, 3.05) is 13.1 Å². The number of hydrogen-bond donors (Lipinski definition) is 1. The topological polar surface area (TPSA) is 42.1 Å². The maximum absolute atomic E-state index is 6.33. The Morgan fingerprint density at radius 3 is 2.95 bits per heavy atom. The van der Waals surface area contributed by atoms with Crippen molar-refractivity contribution in [1.82, 2.24) is 9.88 Å². The van der Waals surface area contributed by atoms with Gasteiger partial charge in [0, 0.05) is 36.8 Å². The molecule has 3 atom stereocenters. The Morgan fingerprint density at radius 1 is 1.18 bits per heavy atom. The van der Waals surface area contributed by atoms with E-state index in [1.807, 2.05) is 6.92 Å². The Labute approximate surface area is 132 Å². The summed E-state index contributed by atoms with van der Waals surface area (Å²) in [7, 11) is 0. The summed E-state index contributed by atoms with van der Waals surface area (Å²) >= 11 is 0. The number of fused-ring (bicyclic) bond motifs is 2. The predicted molar refractivity (Wildman–Crippen MR) is 90.6 cm³/mol. The van der Waals surface area contributed by atoms with Crippen molar-refractivity contribution in [3.05, 3.63) is 41.6 Å². The molecule has 0 amide bonds. The molecule has 1 aromatic heterocycles. The van der Waals surface area contributed by atoms with Gasteiger partial charge in [-0.25, -0.2) is 0 Å².